The Balaban J connectivity index is 2.10. The average molecular weight is 285 g/mol. The van der Waals surface area contributed by atoms with E-state index in [4.69, 9.17) is 17.4 Å². The number of halogens is 1. The molecule has 1 heterocycles. The number of nitrogens with zero attached hydrogens (tertiary/aromatic N) is 2. The van der Waals surface area contributed by atoms with Gasteiger partial charge in [-0.05, 0) is 31.6 Å². The molecule has 0 bridgehead atoms. The molecule has 3 N–H and O–H groups in total. The van der Waals surface area contributed by atoms with Crippen LogP contribution in [0.1, 0.15) is 44.0 Å². The van der Waals surface area contributed by atoms with E-state index in [0.717, 1.165) is 28.7 Å². The zero-order valence-electron chi connectivity index (χ0n) is 12.1. The molecule has 1 fully saturated rings. The molecule has 108 valence electrons. The summed E-state index contributed by atoms with van der Waals surface area (Å²) in [4.78, 5) is 0. The zero-order chi connectivity index (χ0) is 14.0. The maximum absolute atomic E-state index is 6.33. The number of hydrogen-bond acceptors (Lipinski definition) is 3. The van der Waals surface area contributed by atoms with Gasteiger partial charge in [0.2, 0.25) is 0 Å². The summed E-state index contributed by atoms with van der Waals surface area (Å²) in [7, 11) is 1.95. The minimum Gasteiger partial charge on any atom is -0.271 e. The summed E-state index contributed by atoms with van der Waals surface area (Å²) in [5, 5.41) is 5.16. The first kappa shape index (κ1) is 14.8. The highest BCUT2D eigenvalue weighted by atomic mass is 35.5. The molecule has 0 aliphatic heterocycles. The second kappa shape index (κ2) is 6.25. The van der Waals surface area contributed by atoms with Gasteiger partial charge < -0.3 is 0 Å². The third-order valence-electron chi connectivity index (χ3n) is 4.43. The number of hydrogen-bond donors (Lipinski definition) is 2. The predicted octanol–water partition coefficient (Wildman–Crippen LogP) is 2.58. The highest BCUT2D eigenvalue weighted by Crippen LogP contribution is 2.32. The summed E-state index contributed by atoms with van der Waals surface area (Å²) < 4.78 is 1.88. The van der Waals surface area contributed by atoms with Crippen molar-refractivity contribution in [3.8, 4) is 0 Å². The van der Waals surface area contributed by atoms with Crippen molar-refractivity contribution < 1.29 is 0 Å². The van der Waals surface area contributed by atoms with E-state index in [9.17, 15) is 0 Å². The molecule has 0 aromatic carbocycles. The Hall–Kier alpha value is -0.580. The van der Waals surface area contributed by atoms with Crippen molar-refractivity contribution >= 4 is 11.6 Å². The molecular weight excluding hydrogens is 260 g/mol. The molecule has 19 heavy (non-hydrogen) atoms. The molecule has 0 spiro atoms. The molecule has 1 saturated carbocycles. The highest BCUT2D eigenvalue weighted by molar-refractivity contribution is 6.31. The molecule has 4 nitrogen and oxygen atoms in total. The summed E-state index contributed by atoms with van der Waals surface area (Å²) in [6.07, 6.45) is 6.02. The van der Waals surface area contributed by atoms with Gasteiger partial charge in [0, 0.05) is 19.5 Å². The topological polar surface area (TPSA) is 55.9 Å². The molecule has 1 aliphatic carbocycles. The van der Waals surface area contributed by atoms with Gasteiger partial charge in [0.25, 0.3) is 0 Å². The molecule has 3 unspecified atom stereocenters. The molecule has 5 heteroatoms. The SMILES string of the molecule is Cc1nn(C)c(CC(NN)C2CCCC(C)C2)c1Cl. The molecular formula is C14H25ClN4. The van der Waals surface area contributed by atoms with E-state index in [0.29, 0.717) is 5.92 Å². The summed E-state index contributed by atoms with van der Waals surface area (Å²) in [6.45, 7) is 4.28. The maximum atomic E-state index is 6.33. The number of aromatic nitrogens is 2. The maximum Gasteiger partial charge on any atom is 0.0847 e. The van der Waals surface area contributed by atoms with Crippen molar-refractivity contribution in [2.24, 2.45) is 24.7 Å². The van der Waals surface area contributed by atoms with Crippen LogP contribution in [0.15, 0.2) is 0 Å². The third kappa shape index (κ3) is 3.30. The minimum atomic E-state index is 0.287. The first-order valence-electron chi connectivity index (χ1n) is 7.17. The molecule has 0 saturated heterocycles. The van der Waals surface area contributed by atoms with Crippen molar-refractivity contribution in [3.63, 3.8) is 0 Å². The van der Waals surface area contributed by atoms with E-state index in [1.54, 1.807) is 0 Å². The quantitative estimate of drug-likeness (QED) is 0.660. The summed E-state index contributed by atoms with van der Waals surface area (Å²) in [5.74, 6) is 7.22. The van der Waals surface area contributed by atoms with E-state index < -0.39 is 0 Å². The standard InChI is InChI=1S/C14H25ClN4/c1-9-5-4-6-11(7-9)12(17-16)8-13-14(15)10(2)18-19(13)3/h9,11-12,17H,4-8,16H2,1-3H3. The Bertz CT molecular complexity index is 429. The van der Waals surface area contributed by atoms with Crippen LogP contribution in [0.5, 0.6) is 0 Å². The van der Waals surface area contributed by atoms with Crippen LogP contribution in [0, 0.1) is 18.8 Å². The second-order valence-corrected chi connectivity index (χ2v) is 6.36. The van der Waals surface area contributed by atoms with E-state index in [-0.39, 0.29) is 6.04 Å². The van der Waals surface area contributed by atoms with Crippen LogP contribution in [-0.2, 0) is 13.5 Å². The lowest BCUT2D eigenvalue weighted by molar-refractivity contribution is 0.220. The predicted molar refractivity (Wildman–Crippen MR) is 78.9 cm³/mol. The van der Waals surface area contributed by atoms with Crippen LogP contribution in [0.4, 0.5) is 0 Å². The van der Waals surface area contributed by atoms with Crippen molar-refractivity contribution in [2.45, 2.75) is 52.0 Å². The van der Waals surface area contributed by atoms with Crippen LogP contribution in [0.25, 0.3) is 0 Å². The molecule has 1 aromatic rings. The van der Waals surface area contributed by atoms with Crippen LogP contribution in [0.2, 0.25) is 5.02 Å². The Morgan fingerprint density at radius 2 is 2.26 bits per heavy atom. The zero-order valence-corrected chi connectivity index (χ0v) is 12.9. The Morgan fingerprint density at radius 3 is 2.79 bits per heavy atom. The summed E-state index contributed by atoms with van der Waals surface area (Å²) in [6, 6.07) is 0.287. The van der Waals surface area contributed by atoms with E-state index >= 15 is 0 Å². The van der Waals surface area contributed by atoms with Crippen LogP contribution in [-0.4, -0.2) is 15.8 Å². The first-order chi connectivity index (χ1) is 9.02. The Morgan fingerprint density at radius 1 is 1.53 bits per heavy atom. The van der Waals surface area contributed by atoms with Gasteiger partial charge in [-0.1, -0.05) is 31.4 Å². The lowest BCUT2D eigenvalue weighted by Crippen LogP contribution is -2.44. The number of nitrogens with two attached hydrogens (primary N) is 1. The van der Waals surface area contributed by atoms with Crippen molar-refractivity contribution in [3.05, 3.63) is 16.4 Å². The van der Waals surface area contributed by atoms with Crippen LogP contribution in [0.3, 0.4) is 0 Å². The van der Waals surface area contributed by atoms with Gasteiger partial charge in [-0.3, -0.25) is 16.0 Å². The molecule has 0 amide bonds. The van der Waals surface area contributed by atoms with Gasteiger partial charge in [-0.2, -0.15) is 5.10 Å². The third-order valence-corrected chi connectivity index (χ3v) is 4.93. The van der Waals surface area contributed by atoms with Gasteiger partial charge in [-0.15, -0.1) is 0 Å². The first-order valence-corrected chi connectivity index (χ1v) is 7.54. The fourth-order valence-electron chi connectivity index (χ4n) is 3.32. The van der Waals surface area contributed by atoms with E-state index in [2.05, 4.69) is 17.4 Å². The highest BCUT2D eigenvalue weighted by Gasteiger charge is 2.27. The van der Waals surface area contributed by atoms with Gasteiger partial charge in [0.15, 0.2) is 0 Å². The van der Waals surface area contributed by atoms with Crippen LogP contribution < -0.4 is 11.3 Å². The van der Waals surface area contributed by atoms with Gasteiger partial charge in [0.05, 0.1) is 16.4 Å². The molecule has 1 aromatic heterocycles. The number of aryl methyl sites for hydroxylation is 2. The summed E-state index contributed by atoms with van der Waals surface area (Å²) >= 11 is 6.33. The lowest BCUT2D eigenvalue weighted by atomic mass is 9.77. The summed E-state index contributed by atoms with van der Waals surface area (Å²) in [5.41, 5.74) is 4.98. The molecule has 1 aliphatic rings. The molecule has 0 radical (unpaired) electrons. The Kier molecular flexibility index (Phi) is 4.87. The Labute approximate surface area is 120 Å². The molecule has 3 atom stereocenters. The van der Waals surface area contributed by atoms with Gasteiger partial charge in [0.1, 0.15) is 0 Å². The second-order valence-electron chi connectivity index (χ2n) is 5.98. The molecule has 2 rings (SSSR count). The fraction of sp³-hybridized carbons (Fsp3) is 0.786. The van der Waals surface area contributed by atoms with E-state index in [1.165, 1.54) is 25.7 Å². The monoisotopic (exact) mass is 284 g/mol. The fourth-order valence-corrected chi connectivity index (χ4v) is 3.56. The normalized spacial score (nSPS) is 25.5. The number of hydrazine groups is 1. The smallest absolute Gasteiger partial charge is 0.0847 e. The largest absolute Gasteiger partial charge is 0.271 e. The van der Waals surface area contributed by atoms with Crippen molar-refractivity contribution in [1.29, 1.82) is 0 Å². The minimum absolute atomic E-state index is 0.287. The van der Waals surface area contributed by atoms with Crippen molar-refractivity contribution in [1.82, 2.24) is 15.2 Å². The van der Waals surface area contributed by atoms with Crippen molar-refractivity contribution in [2.75, 3.05) is 0 Å². The van der Waals surface area contributed by atoms with E-state index in [1.807, 2.05) is 18.7 Å². The van der Waals surface area contributed by atoms with Gasteiger partial charge >= 0.3 is 0 Å². The average Bonchev–Trinajstić information content (AvgIpc) is 2.61. The van der Waals surface area contributed by atoms with Crippen LogP contribution >= 0.6 is 11.6 Å². The lowest BCUT2D eigenvalue weighted by Gasteiger charge is -2.33. The number of nitrogens with one attached hydrogen (secondary N) is 1. The van der Waals surface area contributed by atoms with Gasteiger partial charge in [-0.25, -0.2) is 0 Å². The number of rotatable bonds is 4.